The fourth-order valence-electron chi connectivity index (χ4n) is 2.43. The van der Waals surface area contributed by atoms with Crippen LogP contribution in [0.3, 0.4) is 0 Å². The van der Waals surface area contributed by atoms with Crippen molar-refractivity contribution in [1.82, 2.24) is 10.3 Å². The van der Waals surface area contributed by atoms with Crippen molar-refractivity contribution in [2.75, 3.05) is 25.1 Å². The summed E-state index contributed by atoms with van der Waals surface area (Å²) in [6.07, 6.45) is 2.65. The number of amides is 1. The van der Waals surface area contributed by atoms with Crippen molar-refractivity contribution in [3.8, 4) is 0 Å². The lowest BCUT2D eigenvalue weighted by Crippen LogP contribution is -2.38. The molecule has 0 saturated carbocycles. The van der Waals surface area contributed by atoms with Crippen LogP contribution in [0, 0.1) is 12.8 Å². The molecule has 1 fully saturated rings. The third-order valence-corrected chi connectivity index (χ3v) is 3.68. The van der Waals surface area contributed by atoms with Gasteiger partial charge in [0.15, 0.2) is 0 Å². The lowest BCUT2D eigenvalue weighted by molar-refractivity contribution is 0.0922. The van der Waals surface area contributed by atoms with E-state index >= 15 is 0 Å². The molecule has 1 aliphatic heterocycles. The molecule has 2 rings (SSSR count). The Hall–Kier alpha value is -1.62. The highest BCUT2D eigenvalue weighted by Crippen LogP contribution is 2.19. The molecule has 20 heavy (non-hydrogen) atoms. The van der Waals surface area contributed by atoms with E-state index in [1.807, 2.05) is 26.8 Å². The lowest BCUT2D eigenvalue weighted by atomic mass is 10.0. The van der Waals surface area contributed by atoms with Crippen LogP contribution in [-0.2, 0) is 4.74 Å². The van der Waals surface area contributed by atoms with Crippen LogP contribution in [0.1, 0.15) is 36.3 Å². The number of rotatable bonds is 5. The molecule has 1 aromatic rings. The maximum absolute atomic E-state index is 12.4. The van der Waals surface area contributed by atoms with Crippen LogP contribution in [0.5, 0.6) is 0 Å². The highest BCUT2D eigenvalue weighted by atomic mass is 16.5. The van der Waals surface area contributed by atoms with Crippen molar-refractivity contribution in [2.45, 2.75) is 33.2 Å². The van der Waals surface area contributed by atoms with Gasteiger partial charge in [0, 0.05) is 37.0 Å². The van der Waals surface area contributed by atoms with Crippen LogP contribution >= 0.6 is 0 Å². The number of carbonyl (C=O) groups is 1. The number of nitrogens with one attached hydrogen (secondary N) is 2. The van der Waals surface area contributed by atoms with Gasteiger partial charge in [-0.2, -0.15) is 0 Å². The molecule has 5 nitrogen and oxygen atoms in total. The molecule has 0 aliphatic carbocycles. The fourth-order valence-corrected chi connectivity index (χ4v) is 2.43. The van der Waals surface area contributed by atoms with Crippen molar-refractivity contribution in [2.24, 2.45) is 5.92 Å². The number of carbonyl (C=O) groups excluding carboxylic acids is 1. The Balaban J connectivity index is 2.07. The van der Waals surface area contributed by atoms with Gasteiger partial charge in [-0.05, 0) is 33.3 Å². The van der Waals surface area contributed by atoms with E-state index in [9.17, 15) is 4.79 Å². The molecule has 0 bridgehead atoms. The predicted octanol–water partition coefficient (Wildman–Crippen LogP) is 1.98. The van der Waals surface area contributed by atoms with Crippen LogP contribution in [-0.4, -0.2) is 36.7 Å². The molecule has 110 valence electrons. The zero-order chi connectivity index (χ0) is 14.5. The van der Waals surface area contributed by atoms with Crippen LogP contribution in [0.4, 0.5) is 5.69 Å². The second-order valence-electron chi connectivity index (χ2n) is 5.29. The average molecular weight is 277 g/mol. The zero-order valence-electron chi connectivity index (χ0n) is 12.4. The van der Waals surface area contributed by atoms with Crippen LogP contribution in [0.25, 0.3) is 0 Å². The number of hydrogen-bond donors (Lipinski definition) is 2. The van der Waals surface area contributed by atoms with Gasteiger partial charge in [0.05, 0.1) is 17.9 Å². The van der Waals surface area contributed by atoms with Gasteiger partial charge in [0.25, 0.3) is 5.91 Å². The first-order valence-corrected chi connectivity index (χ1v) is 7.21. The predicted molar refractivity (Wildman–Crippen MR) is 79.0 cm³/mol. The summed E-state index contributed by atoms with van der Waals surface area (Å²) in [7, 11) is 0. The average Bonchev–Trinajstić information content (AvgIpc) is 2.93. The van der Waals surface area contributed by atoms with Gasteiger partial charge < -0.3 is 15.4 Å². The van der Waals surface area contributed by atoms with Gasteiger partial charge in [-0.1, -0.05) is 0 Å². The largest absolute Gasteiger partial charge is 0.385 e. The van der Waals surface area contributed by atoms with E-state index in [4.69, 9.17) is 4.74 Å². The monoisotopic (exact) mass is 277 g/mol. The second-order valence-corrected chi connectivity index (χ2v) is 5.29. The number of pyridine rings is 1. The summed E-state index contributed by atoms with van der Waals surface area (Å²) in [6.45, 7) is 8.26. The molecule has 2 unspecified atom stereocenters. The molecule has 1 aromatic heterocycles. The number of aromatic nitrogens is 1. The number of hydrogen-bond acceptors (Lipinski definition) is 4. The van der Waals surface area contributed by atoms with E-state index in [1.54, 1.807) is 6.20 Å². The molecule has 2 atom stereocenters. The van der Waals surface area contributed by atoms with Crippen LogP contribution in [0.15, 0.2) is 12.3 Å². The minimum absolute atomic E-state index is 0.0761. The van der Waals surface area contributed by atoms with Crippen molar-refractivity contribution >= 4 is 11.6 Å². The molecule has 1 saturated heterocycles. The molecular formula is C15H23N3O2. The number of ether oxygens (including phenoxy) is 1. The molecule has 1 aliphatic rings. The zero-order valence-corrected chi connectivity index (χ0v) is 12.4. The molecule has 5 heteroatoms. The van der Waals surface area contributed by atoms with E-state index in [0.717, 1.165) is 37.6 Å². The third-order valence-electron chi connectivity index (χ3n) is 3.68. The van der Waals surface area contributed by atoms with Crippen LogP contribution in [0.2, 0.25) is 0 Å². The fraction of sp³-hybridized carbons (Fsp3) is 0.600. The van der Waals surface area contributed by atoms with Crippen molar-refractivity contribution in [1.29, 1.82) is 0 Å². The van der Waals surface area contributed by atoms with Crippen molar-refractivity contribution in [3.05, 3.63) is 23.5 Å². The van der Waals surface area contributed by atoms with Crippen molar-refractivity contribution < 1.29 is 9.53 Å². The summed E-state index contributed by atoms with van der Waals surface area (Å²) in [5.74, 6) is 0.327. The first kappa shape index (κ1) is 14.8. The first-order chi connectivity index (χ1) is 9.61. The Morgan fingerprint density at radius 2 is 2.40 bits per heavy atom. The summed E-state index contributed by atoms with van der Waals surface area (Å²) < 4.78 is 5.37. The van der Waals surface area contributed by atoms with Gasteiger partial charge in [-0.3, -0.25) is 9.78 Å². The van der Waals surface area contributed by atoms with Gasteiger partial charge >= 0.3 is 0 Å². The lowest BCUT2D eigenvalue weighted by Gasteiger charge is -2.20. The van der Waals surface area contributed by atoms with E-state index in [0.29, 0.717) is 11.5 Å². The minimum Gasteiger partial charge on any atom is -0.385 e. The topological polar surface area (TPSA) is 63.2 Å². The Kier molecular flexibility index (Phi) is 4.95. The molecule has 0 spiro atoms. The van der Waals surface area contributed by atoms with E-state index in [1.165, 1.54) is 0 Å². The smallest absolute Gasteiger partial charge is 0.255 e. The summed E-state index contributed by atoms with van der Waals surface area (Å²) in [5.41, 5.74) is 2.34. The van der Waals surface area contributed by atoms with Gasteiger partial charge in [-0.15, -0.1) is 0 Å². The van der Waals surface area contributed by atoms with Gasteiger partial charge in [0.1, 0.15) is 0 Å². The number of anilines is 1. The molecule has 2 heterocycles. The van der Waals surface area contributed by atoms with Gasteiger partial charge in [-0.25, -0.2) is 0 Å². The summed E-state index contributed by atoms with van der Waals surface area (Å²) in [5, 5.41) is 6.27. The first-order valence-electron chi connectivity index (χ1n) is 7.21. The Morgan fingerprint density at radius 1 is 1.60 bits per heavy atom. The highest BCUT2D eigenvalue weighted by Gasteiger charge is 2.24. The molecular weight excluding hydrogens is 254 g/mol. The Morgan fingerprint density at radius 3 is 3.05 bits per heavy atom. The SMILES string of the molecule is CCNc1cc(C)ncc1C(=O)NC(C)C1CCOC1. The molecule has 2 N–H and O–H groups in total. The standard InChI is InChI=1S/C15H23N3O2/c1-4-16-14-7-10(2)17-8-13(14)15(19)18-11(3)12-5-6-20-9-12/h7-8,11-12H,4-6,9H2,1-3H3,(H,16,17)(H,18,19). The maximum Gasteiger partial charge on any atom is 0.255 e. The van der Waals surface area contributed by atoms with E-state index < -0.39 is 0 Å². The number of aryl methyl sites for hydroxylation is 1. The summed E-state index contributed by atoms with van der Waals surface area (Å²) in [4.78, 5) is 16.6. The molecule has 1 amide bonds. The summed E-state index contributed by atoms with van der Waals surface area (Å²) >= 11 is 0. The molecule has 0 radical (unpaired) electrons. The number of nitrogens with zero attached hydrogens (tertiary/aromatic N) is 1. The quantitative estimate of drug-likeness (QED) is 0.864. The van der Waals surface area contributed by atoms with Crippen LogP contribution < -0.4 is 10.6 Å². The van der Waals surface area contributed by atoms with Gasteiger partial charge in [0.2, 0.25) is 0 Å². The second kappa shape index (κ2) is 6.70. The van der Waals surface area contributed by atoms with E-state index in [-0.39, 0.29) is 11.9 Å². The Bertz CT molecular complexity index is 470. The minimum atomic E-state index is -0.0761. The molecule has 0 aromatic carbocycles. The normalized spacial score (nSPS) is 19.6. The van der Waals surface area contributed by atoms with E-state index in [2.05, 4.69) is 15.6 Å². The Labute approximate surface area is 120 Å². The highest BCUT2D eigenvalue weighted by molar-refractivity contribution is 5.99. The summed E-state index contributed by atoms with van der Waals surface area (Å²) in [6, 6.07) is 2.02. The third kappa shape index (κ3) is 3.48. The maximum atomic E-state index is 12.4. The van der Waals surface area contributed by atoms with Crippen molar-refractivity contribution in [3.63, 3.8) is 0 Å².